The fourth-order valence-electron chi connectivity index (χ4n) is 1.92. The van der Waals surface area contributed by atoms with E-state index in [2.05, 4.69) is 29.7 Å². The molecule has 0 aromatic heterocycles. The second-order valence-corrected chi connectivity index (χ2v) is 5.85. The highest BCUT2D eigenvalue weighted by molar-refractivity contribution is 5.75. The van der Waals surface area contributed by atoms with Gasteiger partial charge < -0.3 is 15.7 Å². The van der Waals surface area contributed by atoms with Gasteiger partial charge in [-0.05, 0) is 38.3 Å². The Balaban J connectivity index is 2.57. The monoisotopic (exact) mass is 278 g/mol. The summed E-state index contributed by atoms with van der Waals surface area (Å²) in [5.74, 6) is 0. The number of nitrogens with one attached hydrogen (secondary N) is 2. The standard InChI is InChI=1S/C16H26N2O2/c1-5-6-13-7-9-14(10-8-13)12(2)17-15(20)18-16(3,4)11-19/h7-10,12,19H,5-6,11H2,1-4H3,(H2,17,18,20)/t12-/m0/s1. The van der Waals surface area contributed by atoms with E-state index in [0.717, 1.165) is 18.4 Å². The molecule has 1 aromatic rings. The van der Waals surface area contributed by atoms with Gasteiger partial charge in [0.25, 0.3) is 0 Å². The van der Waals surface area contributed by atoms with Crippen LogP contribution in [0.4, 0.5) is 4.79 Å². The molecule has 20 heavy (non-hydrogen) atoms. The van der Waals surface area contributed by atoms with Crippen molar-refractivity contribution in [2.45, 2.75) is 52.1 Å². The summed E-state index contributed by atoms with van der Waals surface area (Å²) in [7, 11) is 0. The van der Waals surface area contributed by atoms with E-state index in [4.69, 9.17) is 5.11 Å². The molecule has 0 aliphatic rings. The predicted molar refractivity (Wildman–Crippen MR) is 81.7 cm³/mol. The first-order valence-electron chi connectivity index (χ1n) is 7.16. The summed E-state index contributed by atoms with van der Waals surface area (Å²) >= 11 is 0. The Morgan fingerprint density at radius 3 is 2.40 bits per heavy atom. The number of aliphatic hydroxyl groups is 1. The van der Waals surface area contributed by atoms with E-state index in [9.17, 15) is 4.79 Å². The number of carbonyl (C=O) groups is 1. The molecule has 0 bridgehead atoms. The molecule has 112 valence electrons. The normalized spacial score (nSPS) is 12.8. The van der Waals surface area contributed by atoms with Gasteiger partial charge in [0.15, 0.2) is 0 Å². The van der Waals surface area contributed by atoms with Gasteiger partial charge in [-0.15, -0.1) is 0 Å². The van der Waals surface area contributed by atoms with Gasteiger partial charge in [-0.1, -0.05) is 37.6 Å². The largest absolute Gasteiger partial charge is 0.394 e. The molecule has 0 spiro atoms. The number of hydrogen-bond donors (Lipinski definition) is 3. The maximum absolute atomic E-state index is 11.8. The fourth-order valence-corrected chi connectivity index (χ4v) is 1.92. The third-order valence-corrected chi connectivity index (χ3v) is 3.21. The fraction of sp³-hybridized carbons (Fsp3) is 0.562. The Morgan fingerprint density at radius 2 is 1.90 bits per heavy atom. The molecule has 4 nitrogen and oxygen atoms in total. The first-order chi connectivity index (χ1) is 9.38. The van der Waals surface area contributed by atoms with Gasteiger partial charge >= 0.3 is 6.03 Å². The quantitative estimate of drug-likeness (QED) is 0.749. The van der Waals surface area contributed by atoms with Gasteiger partial charge in [-0.25, -0.2) is 4.79 Å². The highest BCUT2D eigenvalue weighted by Gasteiger charge is 2.20. The average Bonchev–Trinajstić information content (AvgIpc) is 2.39. The number of aryl methyl sites for hydroxylation is 1. The van der Waals surface area contributed by atoms with Crippen LogP contribution in [-0.2, 0) is 6.42 Å². The molecule has 1 rings (SSSR count). The van der Waals surface area contributed by atoms with Crippen LogP contribution in [0.2, 0.25) is 0 Å². The second kappa shape index (κ2) is 7.29. The van der Waals surface area contributed by atoms with E-state index in [1.807, 2.05) is 19.1 Å². The highest BCUT2D eigenvalue weighted by Crippen LogP contribution is 2.14. The van der Waals surface area contributed by atoms with Crippen LogP contribution in [0.3, 0.4) is 0 Å². The molecule has 0 aliphatic heterocycles. The molecular formula is C16H26N2O2. The number of carbonyl (C=O) groups excluding carboxylic acids is 1. The van der Waals surface area contributed by atoms with E-state index in [0.29, 0.717) is 0 Å². The molecule has 0 aliphatic carbocycles. The molecule has 0 fully saturated rings. The molecule has 0 heterocycles. The van der Waals surface area contributed by atoms with Crippen LogP contribution in [0.1, 0.15) is 51.3 Å². The summed E-state index contributed by atoms with van der Waals surface area (Å²) in [6, 6.07) is 7.97. The van der Waals surface area contributed by atoms with Crippen molar-refractivity contribution in [3.8, 4) is 0 Å². The third kappa shape index (κ3) is 5.21. The zero-order valence-corrected chi connectivity index (χ0v) is 12.9. The lowest BCUT2D eigenvalue weighted by molar-refractivity contribution is 0.180. The minimum absolute atomic E-state index is 0.0693. The number of urea groups is 1. The minimum Gasteiger partial charge on any atom is -0.394 e. The summed E-state index contributed by atoms with van der Waals surface area (Å²) in [5.41, 5.74) is 1.77. The molecule has 1 atom stereocenters. The Morgan fingerprint density at radius 1 is 1.30 bits per heavy atom. The lowest BCUT2D eigenvalue weighted by Crippen LogP contribution is -2.50. The Kier molecular flexibility index (Phi) is 6.02. The molecule has 0 saturated heterocycles. The van der Waals surface area contributed by atoms with Gasteiger partial charge in [0.2, 0.25) is 0 Å². The van der Waals surface area contributed by atoms with Crippen molar-refractivity contribution in [2.24, 2.45) is 0 Å². The lowest BCUT2D eigenvalue weighted by atomic mass is 10.0. The number of amides is 2. The van der Waals surface area contributed by atoms with Crippen LogP contribution in [0.15, 0.2) is 24.3 Å². The van der Waals surface area contributed by atoms with Crippen molar-refractivity contribution in [3.05, 3.63) is 35.4 Å². The van der Waals surface area contributed by atoms with Crippen molar-refractivity contribution in [3.63, 3.8) is 0 Å². The summed E-state index contributed by atoms with van der Waals surface area (Å²) < 4.78 is 0. The summed E-state index contributed by atoms with van der Waals surface area (Å²) in [4.78, 5) is 11.8. The summed E-state index contributed by atoms with van der Waals surface area (Å²) in [6.07, 6.45) is 2.21. The molecule has 1 aromatic carbocycles. The van der Waals surface area contributed by atoms with E-state index in [1.54, 1.807) is 13.8 Å². The minimum atomic E-state index is -0.616. The molecule has 4 heteroatoms. The van der Waals surface area contributed by atoms with E-state index in [1.165, 1.54) is 5.56 Å². The zero-order chi connectivity index (χ0) is 15.2. The average molecular weight is 278 g/mol. The van der Waals surface area contributed by atoms with Gasteiger partial charge in [-0.3, -0.25) is 0 Å². The van der Waals surface area contributed by atoms with Gasteiger partial charge in [0.1, 0.15) is 0 Å². The number of hydrogen-bond acceptors (Lipinski definition) is 2. The van der Waals surface area contributed by atoms with E-state index >= 15 is 0 Å². The third-order valence-electron chi connectivity index (χ3n) is 3.21. The van der Waals surface area contributed by atoms with Crippen LogP contribution < -0.4 is 10.6 Å². The second-order valence-electron chi connectivity index (χ2n) is 5.85. The maximum Gasteiger partial charge on any atom is 0.315 e. The van der Waals surface area contributed by atoms with Crippen LogP contribution in [0.25, 0.3) is 0 Å². The Hall–Kier alpha value is -1.55. The van der Waals surface area contributed by atoms with Crippen LogP contribution in [0.5, 0.6) is 0 Å². The molecule has 0 saturated carbocycles. The summed E-state index contributed by atoms with van der Waals surface area (Å²) in [5, 5.41) is 14.7. The maximum atomic E-state index is 11.8. The number of aliphatic hydroxyl groups excluding tert-OH is 1. The highest BCUT2D eigenvalue weighted by atomic mass is 16.3. The molecule has 2 amide bonds. The molecule has 0 unspecified atom stereocenters. The van der Waals surface area contributed by atoms with Crippen molar-refractivity contribution in [1.82, 2.24) is 10.6 Å². The Labute approximate surface area is 121 Å². The number of rotatable bonds is 6. The van der Waals surface area contributed by atoms with Gasteiger partial charge in [0.05, 0.1) is 18.2 Å². The molecule has 0 radical (unpaired) electrons. The van der Waals surface area contributed by atoms with Crippen molar-refractivity contribution in [1.29, 1.82) is 0 Å². The van der Waals surface area contributed by atoms with Gasteiger partial charge in [0, 0.05) is 0 Å². The van der Waals surface area contributed by atoms with Crippen LogP contribution >= 0.6 is 0 Å². The smallest absolute Gasteiger partial charge is 0.315 e. The van der Waals surface area contributed by atoms with Crippen LogP contribution in [0, 0.1) is 0 Å². The van der Waals surface area contributed by atoms with E-state index in [-0.39, 0.29) is 18.7 Å². The molecular weight excluding hydrogens is 252 g/mol. The van der Waals surface area contributed by atoms with E-state index < -0.39 is 5.54 Å². The first kappa shape index (κ1) is 16.5. The summed E-state index contributed by atoms with van der Waals surface area (Å²) in [6.45, 7) is 7.56. The topological polar surface area (TPSA) is 61.4 Å². The Bertz CT molecular complexity index is 427. The van der Waals surface area contributed by atoms with Crippen LogP contribution in [-0.4, -0.2) is 23.3 Å². The van der Waals surface area contributed by atoms with Crippen molar-refractivity contribution >= 4 is 6.03 Å². The van der Waals surface area contributed by atoms with Crippen molar-refractivity contribution < 1.29 is 9.90 Å². The van der Waals surface area contributed by atoms with Gasteiger partial charge in [-0.2, -0.15) is 0 Å². The zero-order valence-electron chi connectivity index (χ0n) is 12.9. The van der Waals surface area contributed by atoms with Crippen molar-refractivity contribution in [2.75, 3.05) is 6.61 Å². The first-order valence-corrected chi connectivity index (χ1v) is 7.16. The SMILES string of the molecule is CCCc1ccc([C@H](C)NC(=O)NC(C)(C)CO)cc1. The molecule has 3 N–H and O–H groups in total. The predicted octanol–water partition coefficient (Wildman–Crippen LogP) is 2.77. The number of benzene rings is 1. The lowest BCUT2D eigenvalue weighted by Gasteiger charge is -2.25.